The van der Waals surface area contributed by atoms with Crippen molar-refractivity contribution >= 4 is 29.4 Å². The molecule has 0 atom stereocenters. The van der Waals surface area contributed by atoms with Crippen LogP contribution in [-0.4, -0.2) is 18.9 Å². The lowest BCUT2D eigenvalue weighted by Crippen LogP contribution is -2.08. The molecule has 6 heteroatoms. The number of hydrogen-bond donors (Lipinski definition) is 0. The van der Waals surface area contributed by atoms with Crippen molar-refractivity contribution in [2.45, 2.75) is 6.92 Å². The molecule has 150 valence electrons. The van der Waals surface area contributed by atoms with Gasteiger partial charge in [0, 0.05) is 11.1 Å². The molecule has 0 N–H and O–H groups in total. The van der Waals surface area contributed by atoms with E-state index < -0.39 is 5.97 Å². The number of esters is 1. The van der Waals surface area contributed by atoms with E-state index in [-0.39, 0.29) is 11.5 Å². The van der Waals surface area contributed by atoms with E-state index in [0.717, 1.165) is 11.3 Å². The summed E-state index contributed by atoms with van der Waals surface area (Å²) in [6.45, 7) is 1.77. The molecule has 3 aromatic carbocycles. The highest BCUT2D eigenvalue weighted by molar-refractivity contribution is 6.30. The highest BCUT2D eigenvalue weighted by atomic mass is 35.5. The number of aryl methyl sites for hydroxylation is 1. The van der Waals surface area contributed by atoms with Gasteiger partial charge in [-0.1, -0.05) is 23.7 Å². The number of methoxy groups -OCH3 is 1. The molecule has 0 saturated carbocycles. The Balaban J connectivity index is 1.58. The molecule has 5 nitrogen and oxygen atoms in total. The highest BCUT2D eigenvalue weighted by Gasteiger charge is 2.30. The quantitative estimate of drug-likeness (QED) is 0.317. The van der Waals surface area contributed by atoms with Crippen LogP contribution in [0.1, 0.15) is 31.8 Å². The molecule has 0 bridgehead atoms. The summed E-state index contributed by atoms with van der Waals surface area (Å²) < 4.78 is 16.4. The molecule has 1 aliphatic heterocycles. The molecule has 0 amide bonds. The minimum atomic E-state index is -0.524. The number of carbonyl (C=O) groups is 2. The zero-order valence-corrected chi connectivity index (χ0v) is 17.0. The number of allylic oxidation sites excluding steroid dienone is 1. The highest BCUT2D eigenvalue weighted by Crippen LogP contribution is 2.37. The third-order valence-electron chi connectivity index (χ3n) is 4.65. The summed E-state index contributed by atoms with van der Waals surface area (Å²) in [6.07, 6.45) is 1.67. The lowest BCUT2D eigenvalue weighted by atomic mass is 10.0. The molecule has 0 unspecified atom stereocenters. The summed E-state index contributed by atoms with van der Waals surface area (Å²) in [5, 5.41) is 0.531. The first kappa shape index (κ1) is 19.7. The SMILES string of the molecule is COc1ccc(/C=C2\Oc3cc(OC(=O)c4ccc(Cl)cc4)cc(C)c3C2=O)cc1. The normalized spacial score (nSPS) is 13.7. The second-order valence-electron chi connectivity index (χ2n) is 6.72. The largest absolute Gasteiger partial charge is 0.497 e. The van der Waals surface area contributed by atoms with E-state index in [1.807, 2.05) is 12.1 Å². The third-order valence-corrected chi connectivity index (χ3v) is 4.90. The Bertz CT molecular complexity index is 1160. The van der Waals surface area contributed by atoms with Gasteiger partial charge in [0.25, 0.3) is 0 Å². The fourth-order valence-corrected chi connectivity index (χ4v) is 3.27. The van der Waals surface area contributed by atoms with Gasteiger partial charge in [-0.2, -0.15) is 0 Å². The van der Waals surface area contributed by atoms with Gasteiger partial charge < -0.3 is 14.2 Å². The maximum Gasteiger partial charge on any atom is 0.343 e. The van der Waals surface area contributed by atoms with Gasteiger partial charge in [0.2, 0.25) is 5.78 Å². The molecular weight excluding hydrogens is 404 g/mol. The molecule has 30 heavy (non-hydrogen) atoms. The van der Waals surface area contributed by atoms with Gasteiger partial charge in [-0.25, -0.2) is 4.79 Å². The van der Waals surface area contributed by atoms with Crippen LogP contribution in [-0.2, 0) is 0 Å². The summed E-state index contributed by atoms with van der Waals surface area (Å²) in [5.41, 5.74) is 2.30. The van der Waals surface area contributed by atoms with Crippen molar-refractivity contribution in [2.75, 3.05) is 7.11 Å². The number of carbonyl (C=O) groups excluding carboxylic acids is 2. The van der Waals surface area contributed by atoms with Crippen molar-refractivity contribution in [1.82, 2.24) is 0 Å². The van der Waals surface area contributed by atoms with Crippen LogP contribution in [0.5, 0.6) is 17.2 Å². The second kappa shape index (κ2) is 8.05. The molecule has 0 aliphatic carbocycles. The Hall–Kier alpha value is -3.57. The maximum atomic E-state index is 12.8. The molecule has 0 radical (unpaired) electrons. The molecular formula is C24H17ClO5. The number of Topliss-reactive ketones (excluding diaryl/α,β-unsaturated/α-hetero) is 1. The van der Waals surface area contributed by atoms with Gasteiger partial charge in [0.15, 0.2) is 5.76 Å². The molecule has 4 rings (SSSR count). The van der Waals surface area contributed by atoms with E-state index in [1.165, 1.54) is 0 Å². The van der Waals surface area contributed by atoms with Crippen molar-refractivity contribution in [3.05, 3.63) is 93.7 Å². The van der Waals surface area contributed by atoms with Crippen molar-refractivity contribution in [3.8, 4) is 17.2 Å². The number of ether oxygens (including phenoxy) is 3. The van der Waals surface area contributed by atoms with E-state index in [1.54, 1.807) is 68.6 Å². The van der Waals surface area contributed by atoms with Crippen LogP contribution in [0, 0.1) is 6.92 Å². The van der Waals surface area contributed by atoms with Crippen molar-refractivity contribution in [1.29, 1.82) is 0 Å². The molecule has 0 aromatic heterocycles. The molecule has 3 aromatic rings. The summed E-state index contributed by atoms with van der Waals surface area (Å²) in [5.74, 6) is 0.850. The van der Waals surface area contributed by atoms with E-state index in [0.29, 0.717) is 33.2 Å². The smallest absolute Gasteiger partial charge is 0.343 e. The fourth-order valence-electron chi connectivity index (χ4n) is 3.14. The number of halogens is 1. The summed E-state index contributed by atoms with van der Waals surface area (Å²) >= 11 is 5.85. The van der Waals surface area contributed by atoms with Crippen LogP contribution in [0.2, 0.25) is 5.02 Å². The summed E-state index contributed by atoms with van der Waals surface area (Å²) in [7, 11) is 1.59. The lowest BCUT2D eigenvalue weighted by molar-refractivity contribution is 0.0734. The Kier molecular flexibility index (Phi) is 5.29. The van der Waals surface area contributed by atoms with Crippen LogP contribution in [0.25, 0.3) is 6.08 Å². The monoisotopic (exact) mass is 420 g/mol. The third kappa shape index (κ3) is 3.93. The first-order valence-corrected chi connectivity index (χ1v) is 9.53. The Morgan fingerprint density at radius 1 is 1.00 bits per heavy atom. The molecule has 1 heterocycles. The number of fused-ring (bicyclic) bond motifs is 1. The zero-order valence-electron chi connectivity index (χ0n) is 16.3. The van der Waals surface area contributed by atoms with Crippen molar-refractivity contribution in [3.63, 3.8) is 0 Å². The van der Waals surface area contributed by atoms with Gasteiger partial charge in [0.1, 0.15) is 17.2 Å². The Morgan fingerprint density at radius 3 is 2.37 bits per heavy atom. The van der Waals surface area contributed by atoms with E-state index in [2.05, 4.69) is 0 Å². The zero-order chi connectivity index (χ0) is 21.3. The molecule has 0 saturated heterocycles. The molecule has 0 fully saturated rings. The summed E-state index contributed by atoms with van der Waals surface area (Å²) in [4.78, 5) is 25.2. The van der Waals surface area contributed by atoms with E-state index in [4.69, 9.17) is 25.8 Å². The van der Waals surface area contributed by atoms with E-state index >= 15 is 0 Å². The van der Waals surface area contributed by atoms with Gasteiger partial charge in [-0.05, 0) is 66.6 Å². The topological polar surface area (TPSA) is 61.8 Å². The lowest BCUT2D eigenvalue weighted by Gasteiger charge is -2.08. The minimum absolute atomic E-state index is 0.208. The summed E-state index contributed by atoms with van der Waals surface area (Å²) in [6, 6.07) is 16.9. The van der Waals surface area contributed by atoms with Gasteiger partial charge in [-0.15, -0.1) is 0 Å². The number of rotatable bonds is 4. The van der Waals surface area contributed by atoms with Crippen LogP contribution in [0.3, 0.4) is 0 Å². The molecule has 1 aliphatic rings. The Morgan fingerprint density at radius 2 is 1.70 bits per heavy atom. The minimum Gasteiger partial charge on any atom is -0.497 e. The van der Waals surface area contributed by atoms with E-state index in [9.17, 15) is 9.59 Å². The van der Waals surface area contributed by atoms with Gasteiger partial charge in [0.05, 0.1) is 18.2 Å². The number of ketones is 1. The van der Waals surface area contributed by atoms with Crippen LogP contribution in [0.4, 0.5) is 0 Å². The average Bonchev–Trinajstić information content (AvgIpc) is 3.04. The van der Waals surface area contributed by atoms with Gasteiger partial charge in [-0.3, -0.25) is 4.79 Å². The Labute approximate surface area is 178 Å². The van der Waals surface area contributed by atoms with Crippen molar-refractivity contribution < 1.29 is 23.8 Å². The molecule has 0 spiro atoms. The predicted molar refractivity (Wildman–Crippen MR) is 114 cm³/mol. The second-order valence-corrected chi connectivity index (χ2v) is 7.16. The predicted octanol–water partition coefficient (Wildman–Crippen LogP) is 5.49. The maximum absolute atomic E-state index is 12.8. The number of hydrogen-bond acceptors (Lipinski definition) is 5. The van der Waals surface area contributed by atoms with Crippen LogP contribution in [0.15, 0.2) is 66.4 Å². The fraction of sp³-hybridized carbons (Fsp3) is 0.0833. The first-order valence-electron chi connectivity index (χ1n) is 9.15. The average molecular weight is 421 g/mol. The van der Waals surface area contributed by atoms with Crippen LogP contribution < -0.4 is 14.2 Å². The van der Waals surface area contributed by atoms with Crippen molar-refractivity contribution in [2.24, 2.45) is 0 Å². The number of benzene rings is 3. The first-order chi connectivity index (χ1) is 14.4. The standard InChI is InChI=1S/C24H17ClO5/c1-14-11-19(29-24(27)16-5-7-17(25)8-6-16)13-20-22(14)23(26)21(30-20)12-15-3-9-18(28-2)10-4-15/h3-13H,1-2H3/b21-12-. The van der Waals surface area contributed by atoms with Gasteiger partial charge >= 0.3 is 5.97 Å². The van der Waals surface area contributed by atoms with Crippen LogP contribution >= 0.6 is 11.6 Å².